The first kappa shape index (κ1) is 11.8. The molecular weight excluding hydrogens is 235 g/mol. The van der Waals surface area contributed by atoms with Crippen LogP contribution in [0.25, 0.3) is 0 Å². The fraction of sp³-hybridized carbons (Fsp3) is 0.571. The molecule has 2 aliphatic rings. The fourth-order valence-corrected chi connectivity index (χ4v) is 2.07. The van der Waals surface area contributed by atoms with E-state index >= 15 is 0 Å². The van der Waals surface area contributed by atoms with Gasteiger partial charge in [-0.3, -0.25) is 0 Å². The second-order valence-electron chi connectivity index (χ2n) is 5.31. The van der Waals surface area contributed by atoms with Crippen molar-refractivity contribution in [2.75, 3.05) is 7.11 Å². The van der Waals surface area contributed by atoms with E-state index in [1.54, 1.807) is 0 Å². The van der Waals surface area contributed by atoms with Gasteiger partial charge in [-0.15, -0.1) is 0 Å². The Morgan fingerprint density at radius 3 is 2.67 bits per heavy atom. The molecule has 1 N–H and O–H groups in total. The molecule has 2 fully saturated rings. The first-order valence-electron chi connectivity index (χ1n) is 6.35. The van der Waals surface area contributed by atoms with Crippen LogP contribution >= 0.6 is 0 Å². The second kappa shape index (κ2) is 4.12. The Labute approximate surface area is 106 Å². The molecule has 4 heteroatoms. The maximum Gasteiger partial charge on any atom is 0.165 e. The van der Waals surface area contributed by atoms with E-state index < -0.39 is 5.60 Å². The minimum atomic E-state index is -0.666. The highest BCUT2D eigenvalue weighted by Gasteiger charge is 2.41. The van der Waals surface area contributed by atoms with Gasteiger partial charge in [-0.1, -0.05) is 0 Å². The number of ether oxygens (including phenoxy) is 2. The summed E-state index contributed by atoms with van der Waals surface area (Å²) in [6.45, 7) is 0. The minimum absolute atomic E-state index is 0.219. The summed E-state index contributed by atoms with van der Waals surface area (Å²) in [5.74, 6) is 0.664. The Balaban J connectivity index is 1.93. The molecule has 0 aliphatic heterocycles. The van der Waals surface area contributed by atoms with Crippen LogP contribution in [-0.2, 0) is 6.42 Å². The number of methoxy groups -OCH3 is 1. The highest BCUT2D eigenvalue weighted by Crippen LogP contribution is 2.44. The number of hydrogen-bond acceptors (Lipinski definition) is 3. The van der Waals surface area contributed by atoms with Crippen LogP contribution in [0.3, 0.4) is 0 Å². The summed E-state index contributed by atoms with van der Waals surface area (Å²) in [4.78, 5) is 0. The van der Waals surface area contributed by atoms with E-state index in [4.69, 9.17) is 9.47 Å². The molecular formula is C14H17FO3. The summed E-state index contributed by atoms with van der Waals surface area (Å²) >= 11 is 0. The zero-order valence-electron chi connectivity index (χ0n) is 10.4. The van der Waals surface area contributed by atoms with Gasteiger partial charge in [0.25, 0.3) is 0 Å². The van der Waals surface area contributed by atoms with Crippen LogP contribution in [0.4, 0.5) is 4.39 Å². The number of benzene rings is 1. The Morgan fingerprint density at radius 1 is 1.39 bits per heavy atom. The van der Waals surface area contributed by atoms with Crippen molar-refractivity contribution in [1.29, 1.82) is 0 Å². The summed E-state index contributed by atoms with van der Waals surface area (Å²) < 4.78 is 24.5. The molecule has 0 unspecified atom stereocenters. The molecule has 18 heavy (non-hydrogen) atoms. The lowest BCUT2D eigenvalue weighted by Crippen LogP contribution is -2.13. The monoisotopic (exact) mass is 252 g/mol. The van der Waals surface area contributed by atoms with Gasteiger partial charge in [-0.25, -0.2) is 4.39 Å². The van der Waals surface area contributed by atoms with E-state index in [-0.39, 0.29) is 11.9 Å². The average molecular weight is 252 g/mol. The fourth-order valence-electron chi connectivity index (χ4n) is 2.07. The first-order chi connectivity index (χ1) is 8.59. The standard InChI is InChI=1S/C14H17FO3/c1-17-12-7-10(15)6-9(8-14(16)4-5-14)13(12)18-11-2-3-11/h6-7,11,16H,2-5,8H2,1H3. The van der Waals surface area contributed by atoms with Crippen molar-refractivity contribution < 1.29 is 19.0 Å². The molecule has 0 atom stereocenters. The third-order valence-electron chi connectivity index (χ3n) is 3.47. The Morgan fingerprint density at radius 2 is 2.11 bits per heavy atom. The highest BCUT2D eigenvalue weighted by molar-refractivity contribution is 5.48. The summed E-state index contributed by atoms with van der Waals surface area (Å²) in [6, 6.07) is 2.77. The smallest absolute Gasteiger partial charge is 0.165 e. The van der Waals surface area contributed by atoms with E-state index in [1.807, 2.05) is 0 Å². The van der Waals surface area contributed by atoms with Gasteiger partial charge in [0, 0.05) is 18.1 Å². The lowest BCUT2D eigenvalue weighted by atomic mass is 10.0. The number of halogens is 1. The predicted molar refractivity (Wildman–Crippen MR) is 64.5 cm³/mol. The molecule has 0 radical (unpaired) electrons. The highest BCUT2D eigenvalue weighted by atomic mass is 19.1. The van der Waals surface area contributed by atoms with Gasteiger partial charge in [0.05, 0.1) is 18.8 Å². The van der Waals surface area contributed by atoms with Gasteiger partial charge in [0.15, 0.2) is 11.5 Å². The van der Waals surface area contributed by atoms with Crippen molar-refractivity contribution in [3.63, 3.8) is 0 Å². The van der Waals surface area contributed by atoms with Crippen molar-refractivity contribution in [2.24, 2.45) is 0 Å². The second-order valence-corrected chi connectivity index (χ2v) is 5.31. The quantitative estimate of drug-likeness (QED) is 0.874. The molecule has 3 rings (SSSR count). The van der Waals surface area contributed by atoms with Crippen molar-refractivity contribution >= 4 is 0 Å². The molecule has 0 heterocycles. The van der Waals surface area contributed by atoms with Crippen LogP contribution in [0.2, 0.25) is 0 Å². The van der Waals surface area contributed by atoms with E-state index in [1.165, 1.54) is 19.2 Å². The zero-order chi connectivity index (χ0) is 12.8. The Kier molecular flexibility index (Phi) is 2.70. The molecule has 2 saturated carbocycles. The maximum atomic E-state index is 13.5. The SMILES string of the molecule is COc1cc(F)cc(CC2(O)CC2)c1OC1CC1. The normalized spacial score (nSPS) is 20.6. The lowest BCUT2D eigenvalue weighted by molar-refractivity contribution is 0.148. The third kappa shape index (κ3) is 2.43. The van der Waals surface area contributed by atoms with Crippen molar-refractivity contribution in [1.82, 2.24) is 0 Å². The molecule has 3 nitrogen and oxygen atoms in total. The summed E-state index contributed by atoms with van der Waals surface area (Å²) in [5, 5.41) is 9.99. The van der Waals surface area contributed by atoms with Crippen LogP contribution in [0.5, 0.6) is 11.5 Å². The van der Waals surface area contributed by atoms with Gasteiger partial charge >= 0.3 is 0 Å². The van der Waals surface area contributed by atoms with E-state index in [9.17, 15) is 9.50 Å². The number of hydrogen-bond donors (Lipinski definition) is 1. The minimum Gasteiger partial charge on any atom is -0.493 e. The van der Waals surface area contributed by atoms with Crippen molar-refractivity contribution in [2.45, 2.75) is 43.8 Å². The molecule has 0 saturated heterocycles. The van der Waals surface area contributed by atoms with Crippen molar-refractivity contribution in [3.05, 3.63) is 23.5 Å². The van der Waals surface area contributed by atoms with Crippen LogP contribution in [0.15, 0.2) is 12.1 Å². The molecule has 2 aliphatic carbocycles. The Bertz CT molecular complexity index is 464. The molecule has 0 aromatic heterocycles. The average Bonchev–Trinajstić information content (AvgIpc) is 3.21. The summed E-state index contributed by atoms with van der Waals surface area (Å²) in [5.41, 5.74) is 0.0410. The number of aliphatic hydroxyl groups is 1. The van der Waals surface area contributed by atoms with Gasteiger partial charge < -0.3 is 14.6 Å². The van der Waals surface area contributed by atoms with E-state index in [2.05, 4.69) is 0 Å². The van der Waals surface area contributed by atoms with Crippen molar-refractivity contribution in [3.8, 4) is 11.5 Å². The van der Waals surface area contributed by atoms with Crippen LogP contribution < -0.4 is 9.47 Å². The van der Waals surface area contributed by atoms with E-state index in [0.29, 0.717) is 23.5 Å². The molecule has 0 amide bonds. The number of rotatable bonds is 5. The topological polar surface area (TPSA) is 38.7 Å². The predicted octanol–water partition coefficient (Wildman–Crippen LogP) is 2.44. The van der Waals surface area contributed by atoms with Gasteiger partial charge in [0.2, 0.25) is 0 Å². The summed E-state index contributed by atoms with van der Waals surface area (Å²) in [6.07, 6.45) is 4.26. The molecule has 98 valence electrons. The van der Waals surface area contributed by atoms with Crippen LogP contribution in [0, 0.1) is 5.82 Å². The van der Waals surface area contributed by atoms with Crippen LogP contribution in [-0.4, -0.2) is 23.9 Å². The van der Waals surface area contributed by atoms with E-state index in [0.717, 1.165) is 25.7 Å². The van der Waals surface area contributed by atoms with Gasteiger partial charge in [0.1, 0.15) is 5.82 Å². The molecule has 1 aromatic carbocycles. The Hall–Kier alpha value is -1.29. The molecule has 0 spiro atoms. The molecule has 0 bridgehead atoms. The summed E-state index contributed by atoms with van der Waals surface area (Å²) in [7, 11) is 1.50. The first-order valence-corrected chi connectivity index (χ1v) is 6.35. The third-order valence-corrected chi connectivity index (χ3v) is 3.47. The van der Waals surface area contributed by atoms with Crippen LogP contribution in [0.1, 0.15) is 31.2 Å². The lowest BCUT2D eigenvalue weighted by Gasteiger charge is -2.17. The largest absolute Gasteiger partial charge is 0.493 e. The zero-order valence-corrected chi connectivity index (χ0v) is 10.4. The molecule has 1 aromatic rings. The van der Waals surface area contributed by atoms with Gasteiger partial charge in [-0.2, -0.15) is 0 Å². The van der Waals surface area contributed by atoms with Gasteiger partial charge in [-0.05, 0) is 31.7 Å². The maximum absolute atomic E-state index is 13.5.